The fourth-order valence-corrected chi connectivity index (χ4v) is 1.05. The molecule has 0 saturated carbocycles. The van der Waals surface area contributed by atoms with E-state index < -0.39 is 11.9 Å². The van der Waals surface area contributed by atoms with Crippen molar-refractivity contribution in [3.05, 3.63) is 12.0 Å². The van der Waals surface area contributed by atoms with Gasteiger partial charge in [-0.15, -0.1) is 0 Å². The molecule has 0 saturated heterocycles. The van der Waals surface area contributed by atoms with Gasteiger partial charge in [-0.25, -0.2) is 9.37 Å². The molecule has 4 N–H and O–H groups in total. The number of nitrogens with zero attached hydrogens (tertiary/aromatic N) is 2. The molecule has 0 unspecified atom stereocenters. The number of aliphatic hydroxyl groups excluding tert-OH is 2. The summed E-state index contributed by atoms with van der Waals surface area (Å²) in [6.07, 6.45) is 1.03. The highest BCUT2D eigenvalue weighted by Crippen LogP contribution is 2.12. The number of nitrogens with one attached hydrogen (secondary N) is 2. The van der Waals surface area contributed by atoms with E-state index in [1.165, 1.54) is 0 Å². The Morgan fingerprint density at radius 1 is 1.44 bits per heavy atom. The minimum absolute atomic E-state index is 0.0425. The van der Waals surface area contributed by atoms with Gasteiger partial charge in [0.05, 0.1) is 25.5 Å². The Labute approximate surface area is 92.5 Å². The third kappa shape index (κ3) is 3.28. The van der Waals surface area contributed by atoms with E-state index in [2.05, 4.69) is 20.6 Å². The molecular weight excluding hydrogens is 215 g/mol. The van der Waals surface area contributed by atoms with Crippen molar-refractivity contribution in [1.82, 2.24) is 9.97 Å². The molecule has 0 aliphatic rings. The van der Waals surface area contributed by atoms with E-state index in [0.717, 1.165) is 6.20 Å². The normalized spacial score (nSPS) is 10.6. The predicted octanol–water partition coefficient (Wildman–Crippen LogP) is -0.187. The molecule has 0 amide bonds. The summed E-state index contributed by atoms with van der Waals surface area (Å²) >= 11 is 0. The number of hydrogen-bond donors (Lipinski definition) is 4. The first-order chi connectivity index (χ1) is 7.71. The van der Waals surface area contributed by atoms with Crippen LogP contribution in [0.3, 0.4) is 0 Å². The van der Waals surface area contributed by atoms with Gasteiger partial charge in [-0.05, 0) is 6.92 Å². The highest BCUT2D eigenvalue weighted by atomic mass is 19.1. The first-order valence-corrected chi connectivity index (χ1v) is 4.95. The fraction of sp³-hybridized carbons (Fsp3) is 0.556. The number of aliphatic hydroxyl groups is 2. The fourth-order valence-electron chi connectivity index (χ4n) is 1.05. The molecule has 1 rings (SSSR count). The molecule has 0 aliphatic carbocycles. The summed E-state index contributed by atoms with van der Waals surface area (Å²) in [4.78, 5) is 7.59. The SMILES string of the molecule is CCNc1ncc(F)c(NC(CO)CO)n1. The van der Waals surface area contributed by atoms with Crippen LogP contribution in [0.5, 0.6) is 0 Å². The molecule has 0 atom stereocenters. The van der Waals surface area contributed by atoms with Crippen LogP contribution in [0.2, 0.25) is 0 Å². The van der Waals surface area contributed by atoms with Gasteiger partial charge < -0.3 is 20.8 Å². The van der Waals surface area contributed by atoms with Gasteiger partial charge in [0.15, 0.2) is 11.6 Å². The molecule has 0 aromatic carbocycles. The molecule has 1 aromatic heterocycles. The van der Waals surface area contributed by atoms with E-state index in [1.807, 2.05) is 6.92 Å². The number of anilines is 2. The van der Waals surface area contributed by atoms with Crippen molar-refractivity contribution in [2.24, 2.45) is 0 Å². The molecule has 6 nitrogen and oxygen atoms in total. The summed E-state index contributed by atoms with van der Waals surface area (Å²) in [5.74, 6) is -0.381. The molecular formula is C9H15FN4O2. The zero-order valence-electron chi connectivity index (χ0n) is 8.94. The molecule has 0 spiro atoms. The predicted molar refractivity (Wildman–Crippen MR) is 57.7 cm³/mol. The molecule has 0 radical (unpaired) electrons. The first-order valence-electron chi connectivity index (χ1n) is 4.95. The maximum absolute atomic E-state index is 13.3. The smallest absolute Gasteiger partial charge is 0.224 e. The van der Waals surface area contributed by atoms with Crippen LogP contribution in [0.4, 0.5) is 16.2 Å². The van der Waals surface area contributed by atoms with Crippen molar-refractivity contribution in [1.29, 1.82) is 0 Å². The van der Waals surface area contributed by atoms with Crippen LogP contribution in [0.25, 0.3) is 0 Å². The Morgan fingerprint density at radius 2 is 2.12 bits per heavy atom. The van der Waals surface area contributed by atoms with Crippen LogP contribution in [0, 0.1) is 5.82 Å². The van der Waals surface area contributed by atoms with Gasteiger partial charge in [0.2, 0.25) is 5.95 Å². The van der Waals surface area contributed by atoms with Crippen LogP contribution in [0.1, 0.15) is 6.92 Å². The molecule has 16 heavy (non-hydrogen) atoms. The van der Waals surface area contributed by atoms with Gasteiger partial charge >= 0.3 is 0 Å². The second-order valence-corrected chi connectivity index (χ2v) is 3.13. The number of aromatic nitrogens is 2. The Hall–Kier alpha value is -1.47. The van der Waals surface area contributed by atoms with Crippen LogP contribution >= 0.6 is 0 Å². The Bertz CT molecular complexity index is 333. The van der Waals surface area contributed by atoms with E-state index in [0.29, 0.717) is 12.5 Å². The Kier molecular flexibility index (Phi) is 4.87. The van der Waals surface area contributed by atoms with Crippen LogP contribution in [0.15, 0.2) is 6.20 Å². The topological polar surface area (TPSA) is 90.3 Å². The average molecular weight is 230 g/mol. The van der Waals surface area contributed by atoms with Gasteiger partial charge in [-0.3, -0.25) is 0 Å². The summed E-state index contributed by atoms with van der Waals surface area (Å²) in [6.45, 7) is 1.87. The van der Waals surface area contributed by atoms with Crippen LogP contribution in [-0.4, -0.2) is 46.0 Å². The van der Waals surface area contributed by atoms with Crippen molar-refractivity contribution in [3.8, 4) is 0 Å². The first kappa shape index (κ1) is 12.6. The lowest BCUT2D eigenvalue weighted by Crippen LogP contribution is -2.28. The van der Waals surface area contributed by atoms with Crippen molar-refractivity contribution in [2.45, 2.75) is 13.0 Å². The lowest BCUT2D eigenvalue weighted by Gasteiger charge is -2.14. The molecule has 90 valence electrons. The Morgan fingerprint density at radius 3 is 2.69 bits per heavy atom. The third-order valence-electron chi connectivity index (χ3n) is 1.86. The van der Waals surface area contributed by atoms with E-state index >= 15 is 0 Å². The standard InChI is InChI=1S/C9H15FN4O2/c1-2-11-9-12-3-7(10)8(14-9)13-6(4-15)5-16/h3,6,15-16H,2,4-5H2,1H3,(H2,11,12,13,14). The zero-order valence-corrected chi connectivity index (χ0v) is 8.94. The summed E-state index contributed by atoms with van der Waals surface area (Å²) in [5.41, 5.74) is 0. The highest BCUT2D eigenvalue weighted by molar-refractivity contribution is 5.41. The van der Waals surface area contributed by atoms with Gasteiger partial charge in [0.25, 0.3) is 0 Å². The molecule has 0 bridgehead atoms. The summed E-state index contributed by atoms with van der Waals surface area (Å²) in [6, 6.07) is -0.640. The van der Waals surface area contributed by atoms with Gasteiger partial charge in [0, 0.05) is 6.54 Å². The zero-order chi connectivity index (χ0) is 12.0. The van der Waals surface area contributed by atoms with Crippen molar-refractivity contribution in [2.75, 3.05) is 30.4 Å². The lowest BCUT2D eigenvalue weighted by molar-refractivity contribution is 0.203. The molecule has 0 fully saturated rings. The summed E-state index contributed by atoms with van der Waals surface area (Å²) in [7, 11) is 0. The van der Waals surface area contributed by atoms with Crippen LogP contribution < -0.4 is 10.6 Å². The maximum Gasteiger partial charge on any atom is 0.224 e. The second kappa shape index (κ2) is 6.19. The molecule has 7 heteroatoms. The van der Waals surface area contributed by atoms with Crippen molar-refractivity contribution < 1.29 is 14.6 Å². The second-order valence-electron chi connectivity index (χ2n) is 3.13. The van der Waals surface area contributed by atoms with E-state index in [4.69, 9.17) is 10.2 Å². The summed E-state index contributed by atoms with van der Waals surface area (Å²) < 4.78 is 13.3. The van der Waals surface area contributed by atoms with E-state index in [1.54, 1.807) is 0 Å². The van der Waals surface area contributed by atoms with Gasteiger partial charge in [0.1, 0.15) is 0 Å². The lowest BCUT2D eigenvalue weighted by atomic mass is 10.3. The third-order valence-corrected chi connectivity index (χ3v) is 1.86. The minimum atomic E-state index is -0.640. The molecule has 0 aliphatic heterocycles. The molecule has 1 heterocycles. The number of halogens is 1. The quantitative estimate of drug-likeness (QED) is 0.541. The maximum atomic E-state index is 13.3. The van der Waals surface area contributed by atoms with Crippen molar-refractivity contribution >= 4 is 11.8 Å². The van der Waals surface area contributed by atoms with Crippen molar-refractivity contribution in [3.63, 3.8) is 0 Å². The largest absolute Gasteiger partial charge is 0.394 e. The average Bonchev–Trinajstić information content (AvgIpc) is 2.30. The Balaban J connectivity index is 2.80. The van der Waals surface area contributed by atoms with E-state index in [9.17, 15) is 4.39 Å². The van der Waals surface area contributed by atoms with E-state index in [-0.39, 0.29) is 19.0 Å². The monoisotopic (exact) mass is 230 g/mol. The molecule has 1 aromatic rings. The van der Waals surface area contributed by atoms with Gasteiger partial charge in [-0.1, -0.05) is 0 Å². The number of rotatable bonds is 6. The summed E-state index contributed by atoms with van der Waals surface area (Å²) in [5, 5.41) is 23.1. The number of hydrogen-bond acceptors (Lipinski definition) is 6. The van der Waals surface area contributed by atoms with Crippen LogP contribution in [-0.2, 0) is 0 Å². The van der Waals surface area contributed by atoms with Gasteiger partial charge in [-0.2, -0.15) is 4.98 Å². The highest BCUT2D eigenvalue weighted by Gasteiger charge is 2.11. The minimum Gasteiger partial charge on any atom is -0.394 e.